The van der Waals surface area contributed by atoms with E-state index in [2.05, 4.69) is 10.6 Å². The van der Waals surface area contributed by atoms with Crippen molar-refractivity contribution in [1.82, 2.24) is 5.32 Å². The molecule has 1 unspecified atom stereocenters. The Hall–Kier alpha value is -3.02. The minimum absolute atomic E-state index is 0.350. The van der Waals surface area contributed by atoms with Gasteiger partial charge in [0.25, 0.3) is 0 Å². The summed E-state index contributed by atoms with van der Waals surface area (Å²) >= 11 is 0. The van der Waals surface area contributed by atoms with Gasteiger partial charge in [0.2, 0.25) is 0 Å². The van der Waals surface area contributed by atoms with E-state index in [1.807, 2.05) is 30.3 Å². The zero-order valence-corrected chi connectivity index (χ0v) is 12.8. The molecule has 0 aliphatic rings. The van der Waals surface area contributed by atoms with Gasteiger partial charge in [0.15, 0.2) is 0 Å². The molecule has 1 atom stereocenters. The molecule has 0 aliphatic carbocycles. The number of amides is 2. The van der Waals surface area contributed by atoms with E-state index in [1.165, 1.54) is 7.11 Å². The largest absolute Gasteiger partial charge is 0.467 e. The Morgan fingerprint density at radius 1 is 1.09 bits per heavy atom. The first-order valence-corrected chi connectivity index (χ1v) is 7.13. The number of urea groups is 1. The molecule has 6 nitrogen and oxygen atoms in total. The van der Waals surface area contributed by atoms with E-state index in [0.717, 1.165) is 5.56 Å². The third kappa shape index (κ3) is 5.03. The highest BCUT2D eigenvalue weighted by molar-refractivity contribution is 5.92. The Bertz CT molecular complexity index is 657. The standard InChI is InChI=1S/C17H19N3O3/c1-23-16(21)15(11-12-5-3-2-4-6-12)20-17(22)19-14-9-7-13(18)8-10-14/h2-10,15H,11,18H2,1H3,(H2,19,20,22). The summed E-state index contributed by atoms with van der Waals surface area (Å²) in [6.45, 7) is 0. The number of carbonyl (C=O) groups is 2. The number of carbonyl (C=O) groups excluding carboxylic acids is 2. The van der Waals surface area contributed by atoms with E-state index in [0.29, 0.717) is 17.8 Å². The normalized spacial score (nSPS) is 11.3. The molecule has 23 heavy (non-hydrogen) atoms. The number of ether oxygens (including phenoxy) is 1. The Balaban J connectivity index is 2.00. The fourth-order valence-corrected chi connectivity index (χ4v) is 2.08. The summed E-state index contributed by atoms with van der Waals surface area (Å²) in [5.41, 5.74) is 7.71. The van der Waals surface area contributed by atoms with Gasteiger partial charge in [0.1, 0.15) is 6.04 Å². The van der Waals surface area contributed by atoms with E-state index in [4.69, 9.17) is 10.5 Å². The van der Waals surface area contributed by atoms with Crippen LogP contribution in [0.1, 0.15) is 5.56 Å². The zero-order valence-electron chi connectivity index (χ0n) is 12.8. The van der Waals surface area contributed by atoms with Crippen LogP contribution in [0, 0.1) is 0 Å². The molecular formula is C17H19N3O3. The van der Waals surface area contributed by atoms with Crippen molar-refractivity contribution >= 4 is 23.4 Å². The van der Waals surface area contributed by atoms with Crippen LogP contribution in [-0.4, -0.2) is 25.2 Å². The van der Waals surface area contributed by atoms with Gasteiger partial charge in [-0.05, 0) is 29.8 Å². The fourth-order valence-electron chi connectivity index (χ4n) is 2.08. The lowest BCUT2D eigenvalue weighted by molar-refractivity contribution is -0.142. The van der Waals surface area contributed by atoms with Crippen molar-refractivity contribution in [3.05, 3.63) is 60.2 Å². The Morgan fingerprint density at radius 3 is 2.35 bits per heavy atom. The topological polar surface area (TPSA) is 93.4 Å². The monoisotopic (exact) mass is 313 g/mol. The number of methoxy groups -OCH3 is 1. The Labute approximate surface area is 134 Å². The highest BCUT2D eigenvalue weighted by Crippen LogP contribution is 2.10. The highest BCUT2D eigenvalue weighted by Gasteiger charge is 2.21. The molecule has 2 aromatic rings. The van der Waals surface area contributed by atoms with Gasteiger partial charge in [-0.25, -0.2) is 9.59 Å². The summed E-state index contributed by atoms with van der Waals surface area (Å²) in [6, 6.07) is 14.9. The van der Waals surface area contributed by atoms with Gasteiger partial charge in [-0.15, -0.1) is 0 Å². The summed E-state index contributed by atoms with van der Waals surface area (Å²) in [6.07, 6.45) is 0.350. The van der Waals surface area contributed by atoms with Gasteiger partial charge in [-0.2, -0.15) is 0 Å². The summed E-state index contributed by atoms with van der Waals surface area (Å²) < 4.78 is 4.75. The lowest BCUT2D eigenvalue weighted by atomic mass is 10.1. The minimum Gasteiger partial charge on any atom is -0.467 e. The third-order valence-corrected chi connectivity index (χ3v) is 3.24. The number of hydrogen-bond acceptors (Lipinski definition) is 4. The summed E-state index contributed by atoms with van der Waals surface area (Å²) in [5.74, 6) is -0.499. The van der Waals surface area contributed by atoms with Gasteiger partial charge in [-0.1, -0.05) is 30.3 Å². The van der Waals surface area contributed by atoms with Crippen LogP contribution in [0.15, 0.2) is 54.6 Å². The molecule has 0 saturated heterocycles. The summed E-state index contributed by atoms with van der Waals surface area (Å²) in [7, 11) is 1.29. The molecule has 0 fully saturated rings. The fraction of sp³-hybridized carbons (Fsp3) is 0.176. The smallest absolute Gasteiger partial charge is 0.328 e. The molecule has 0 spiro atoms. The van der Waals surface area contributed by atoms with E-state index in [-0.39, 0.29) is 0 Å². The van der Waals surface area contributed by atoms with Crippen molar-refractivity contribution in [2.24, 2.45) is 0 Å². The van der Waals surface area contributed by atoms with Crippen LogP contribution in [0.25, 0.3) is 0 Å². The third-order valence-electron chi connectivity index (χ3n) is 3.24. The molecule has 0 heterocycles. The number of anilines is 2. The van der Waals surface area contributed by atoms with Gasteiger partial charge in [0, 0.05) is 17.8 Å². The first-order chi connectivity index (χ1) is 11.1. The average Bonchev–Trinajstić information content (AvgIpc) is 2.56. The van der Waals surface area contributed by atoms with Crippen LogP contribution < -0.4 is 16.4 Å². The molecule has 2 amide bonds. The van der Waals surface area contributed by atoms with Crippen molar-refractivity contribution in [1.29, 1.82) is 0 Å². The average molecular weight is 313 g/mol. The van der Waals surface area contributed by atoms with E-state index in [9.17, 15) is 9.59 Å². The van der Waals surface area contributed by atoms with E-state index in [1.54, 1.807) is 24.3 Å². The summed E-state index contributed by atoms with van der Waals surface area (Å²) in [4.78, 5) is 23.9. The number of nitrogens with two attached hydrogens (primary N) is 1. The van der Waals surface area contributed by atoms with Crippen LogP contribution in [0.4, 0.5) is 16.2 Å². The van der Waals surface area contributed by atoms with Crippen molar-refractivity contribution in [3.8, 4) is 0 Å². The van der Waals surface area contributed by atoms with Crippen LogP contribution in [0.2, 0.25) is 0 Å². The molecule has 0 saturated carbocycles. The van der Waals surface area contributed by atoms with Crippen molar-refractivity contribution < 1.29 is 14.3 Å². The van der Waals surface area contributed by atoms with Crippen LogP contribution >= 0.6 is 0 Å². The Morgan fingerprint density at radius 2 is 1.74 bits per heavy atom. The number of esters is 1. The first kappa shape index (κ1) is 16.4. The molecule has 2 rings (SSSR count). The minimum atomic E-state index is -0.767. The number of hydrogen-bond donors (Lipinski definition) is 3. The van der Waals surface area contributed by atoms with Gasteiger partial charge in [0.05, 0.1) is 7.11 Å². The number of nitrogen functional groups attached to an aromatic ring is 1. The molecule has 4 N–H and O–H groups in total. The SMILES string of the molecule is COC(=O)C(Cc1ccccc1)NC(=O)Nc1ccc(N)cc1. The second kappa shape index (κ2) is 7.84. The maximum absolute atomic E-state index is 12.1. The maximum atomic E-state index is 12.1. The van der Waals surface area contributed by atoms with Crippen LogP contribution in [0.5, 0.6) is 0 Å². The maximum Gasteiger partial charge on any atom is 0.328 e. The van der Waals surface area contributed by atoms with Crippen molar-refractivity contribution in [3.63, 3.8) is 0 Å². The number of rotatable bonds is 5. The molecule has 0 aliphatic heterocycles. The quantitative estimate of drug-likeness (QED) is 0.582. The van der Waals surface area contributed by atoms with E-state index >= 15 is 0 Å². The summed E-state index contributed by atoms with van der Waals surface area (Å²) in [5, 5.41) is 5.27. The molecule has 2 aromatic carbocycles. The zero-order chi connectivity index (χ0) is 16.7. The Kier molecular flexibility index (Phi) is 5.57. The first-order valence-electron chi connectivity index (χ1n) is 7.13. The molecule has 6 heteroatoms. The second-order valence-electron chi connectivity index (χ2n) is 4.99. The number of benzene rings is 2. The molecular weight excluding hydrogens is 294 g/mol. The molecule has 0 bridgehead atoms. The van der Waals surface area contributed by atoms with Crippen LogP contribution in [-0.2, 0) is 16.0 Å². The predicted molar refractivity (Wildman–Crippen MR) is 89.0 cm³/mol. The van der Waals surface area contributed by atoms with Gasteiger partial charge < -0.3 is 21.1 Å². The van der Waals surface area contributed by atoms with Gasteiger partial charge >= 0.3 is 12.0 Å². The van der Waals surface area contributed by atoms with Crippen molar-refractivity contribution in [2.45, 2.75) is 12.5 Å². The highest BCUT2D eigenvalue weighted by atomic mass is 16.5. The molecule has 120 valence electrons. The number of nitrogens with one attached hydrogen (secondary N) is 2. The predicted octanol–water partition coefficient (Wildman–Crippen LogP) is 2.17. The lowest BCUT2D eigenvalue weighted by Crippen LogP contribution is -2.45. The lowest BCUT2D eigenvalue weighted by Gasteiger charge is -2.17. The van der Waals surface area contributed by atoms with E-state index < -0.39 is 18.0 Å². The molecule has 0 radical (unpaired) electrons. The second-order valence-corrected chi connectivity index (χ2v) is 4.99. The van der Waals surface area contributed by atoms with Crippen LogP contribution in [0.3, 0.4) is 0 Å². The van der Waals surface area contributed by atoms with Gasteiger partial charge in [-0.3, -0.25) is 0 Å². The molecule has 0 aromatic heterocycles. The van der Waals surface area contributed by atoms with Crippen molar-refractivity contribution in [2.75, 3.05) is 18.2 Å².